The Kier molecular flexibility index (Phi) is 11.4. The molecule has 0 spiro atoms. The van der Waals surface area contributed by atoms with E-state index < -0.39 is 28.5 Å². The van der Waals surface area contributed by atoms with Gasteiger partial charge in [-0.15, -0.1) is 0 Å². The zero-order chi connectivity index (χ0) is 27.8. The first-order valence-corrected chi connectivity index (χ1v) is 14.6. The molecular formula is C26H33Cl2N3O5S. The lowest BCUT2D eigenvalue weighted by atomic mass is 10.1. The lowest BCUT2D eigenvalue weighted by Gasteiger charge is -2.33. The second-order valence-corrected chi connectivity index (χ2v) is 11.5. The Bertz CT molecular complexity index is 1240. The highest BCUT2D eigenvalue weighted by atomic mass is 35.5. The molecule has 0 aromatic heterocycles. The Morgan fingerprint density at radius 2 is 1.76 bits per heavy atom. The fourth-order valence-electron chi connectivity index (χ4n) is 3.75. The molecule has 1 N–H and O–H groups in total. The van der Waals surface area contributed by atoms with Gasteiger partial charge >= 0.3 is 0 Å². The van der Waals surface area contributed by atoms with Gasteiger partial charge in [-0.05, 0) is 49.6 Å². The number of Topliss-reactive ketones (excluding diaryl/α,β-unsaturated/α-hetero) is 1. The molecule has 0 radical (unpaired) electrons. The van der Waals surface area contributed by atoms with Crippen LogP contribution in [-0.2, 0) is 26.2 Å². The third-order valence-corrected chi connectivity index (χ3v) is 7.52. The van der Waals surface area contributed by atoms with Gasteiger partial charge in [0.2, 0.25) is 21.8 Å². The number of amides is 2. The first-order chi connectivity index (χ1) is 17.4. The van der Waals surface area contributed by atoms with Gasteiger partial charge in [-0.3, -0.25) is 18.7 Å². The summed E-state index contributed by atoms with van der Waals surface area (Å²) in [6.07, 6.45) is 2.96. The molecule has 1 atom stereocenters. The van der Waals surface area contributed by atoms with E-state index in [0.29, 0.717) is 34.1 Å². The molecule has 2 aromatic carbocycles. The van der Waals surface area contributed by atoms with Crippen molar-refractivity contribution in [3.05, 3.63) is 63.6 Å². The fraction of sp³-hybridized carbons (Fsp3) is 0.423. The minimum Gasteiger partial charge on any atom is -0.354 e. The summed E-state index contributed by atoms with van der Waals surface area (Å²) < 4.78 is 26.4. The van der Waals surface area contributed by atoms with Crippen molar-refractivity contribution in [3.63, 3.8) is 0 Å². The Balaban J connectivity index is 2.48. The molecule has 0 saturated carbocycles. The number of sulfonamides is 1. The average Bonchev–Trinajstić information content (AvgIpc) is 2.83. The molecule has 37 heavy (non-hydrogen) atoms. The molecule has 0 saturated heterocycles. The first kappa shape index (κ1) is 30.6. The molecular weight excluding hydrogens is 537 g/mol. The zero-order valence-corrected chi connectivity index (χ0v) is 23.8. The summed E-state index contributed by atoms with van der Waals surface area (Å²) in [5.41, 5.74) is 1.04. The van der Waals surface area contributed by atoms with Crippen molar-refractivity contribution in [2.45, 2.75) is 52.6 Å². The van der Waals surface area contributed by atoms with E-state index in [1.165, 1.54) is 24.0 Å². The lowest BCUT2D eigenvalue weighted by molar-refractivity contribution is -0.140. The molecule has 11 heteroatoms. The minimum atomic E-state index is -3.92. The second-order valence-electron chi connectivity index (χ2n) is 8.70. The van der Waals surface area contributed by atoms with Crippen molar-refractivity contribution in [2.75, 3.05) is 23.7 Å². The highest BCUT2D eigenvalue weighted by Gasteiger charge is 2.32. The van der Waals surface area contributed by atoms with Gasteiger partial charge in [-0.25, -0.2) is 8.42 Å². The summed E-state index contributed by atoms with van der Waals surface area (Å²) in [6.45, 7) is 5.02. The van der Waals surface area contributed by atoms with Gasteiger partial charge < -0.3 is 10.2 Å². The number of hydrogen-bond donors (Lipinski definition) is 1. The number of hydrogen-bond acceptors (Lipinski definition) is 5. The normalized spacial score (nSPS) is 12.1. The molecule has 202 valence electrons. The van der Waals surface area contributed by atoms with Crippen LogP contribution in [0.15, 0.2) is 42.5 Å². The van der Waals surface area contributed by atoms with Crippen LogP contribution in [0.2, 0.25) is 10.0 Å². The number of nitrogens with one attached hydrogen (secondary N) is 1. The molecule has 0 heterocycles. The highest BCUT2D eigenvalue weighted by Crippen LogP contribution is 2.25. The van der Waals surface area contributed by atoms with Crippen LogP contribution in [0.1, 0.15) is 56.0 Å². The smallest absolute Gasteiger partial charge is 0.244 e. The number of nitrogens with zero attached hydrogens (tertiary/aromatic N) is 2. The summed E-state index contributed by atoms with van der Waals surface area (Å²) >= 11 is 12.4. The van der Waals surface area contributed by atoms with Gasteiger partial charge in [0.15, 0.2) is 5.78 Å². The maximum atomic E-state index is 13.7. The summed E-state index contributed by atoms with van der Waals surface area (Å²) in [7, 11) is -3.92. The van der Waals surface area contributed by atoms with Gasteiger partial charge in [0.1, 0.15) is 12.6 Å². The Morgan fingerprint density at radius 1 is 1.05 bits per heavy atom. The zero-order valence-electron chi connectivity index (χ0n) is 21.5. The standard InChI is InChI=1S/C26H33Cl2N3O5S/c1-5-7-13-29-26(34)24(6-2)30(16-20-11-12-21(27)15-23(20)28)25(33)17-31(37(4,35)36)22-10-8-9-19(14-22)18(3)32/h8-12,14-15,24H,5-7,13,16-17H2,1-4H3,(H,29,34). The molecule has 2 rings (SSSR count). The van der Waals surface area contributed by atoms with Crippen LogP contribution in [0.3, 0.4) is 0 Å². The molecule has 0 aliphatic carbocycles. The van der Waals surface area contributed by atoms with Crippen LogP contribution in [-0.4, -0.2) is 56.3 Å². The number of carbonyl (C=O) groups is 3. The van der Waals surface area contributed by atoms with Crippen LogP contribution < -0.4 is 9.62 Å². The van der Waals surface area contributed by atoms with Crippen LogP contribution in [0.25, 0.3) is 0 Å². The number of carbonyl (C=O) groups excluding carboxylic acids is 3. The van der Waals surface area contributed by atoms with Crippen molar-refractivity contribution in [1.29, 1.82) is 0 Å². The van der Waals surface area contributed by atoms with Crippen LogP contribution in [0, 0.1) is 0 Å². The number of halogens is 2. The maximum absolute atomic E-state index is 13.7. The van der Waals surface area contributed by atoms with E-state index >= 15 is 0 Å². The third-order valence-electron chi connectivity index (χ3n) is 5.79. The Morgan fingerprint density at radius 3 is 2.32 bits per heavy atom. The predicted molar refractivity (Wildman–Crippen MR) is 148 cm³/mol. The van der Waals surface area contributed by atoms with Gasteiger partial charge in [-0.2, -0.15) is 0 Å². The second kappa shape index (κ2) is 13.8. The van der Waals surface area contributed by atoms with E-state index in [2.05, 4.69) is 5.32 Å². The molecule has 0 fully saturated rings. The van der Waals surface area contributed by atoms with E-state index in [1.54, 1.807) is 37.3 Å². The molecule has 0 aliphatic rings. The molecule has 0 aliphatic heterocycles. The fourth-order valence-corrected chi connectivity index (χ4v) is 5.06. The van der Waals surface area contributed by atoms with Crippen LogP contribution in [0.4, 0.5) is 5.69 Å². The van der Waals surface area contributed by atoms with Crippen molar-refractivity contribution in [3.8, 4) is 0 Å². The topological polar surface area (TPSA) is 104 Å². The van der Waals surface area contributed by atoms with Crippen molar-refractivity contribution in [1.82, 2.24) is 10.2 Å². The summed E-state index contributed by atoms with van der Waals surface area (Å²) in [5, 5.41) is 3.60. The van der Waals surface area contributed by atoms with Gasteiger partial charge in [0.05, 0.1) is 11.9 Å². The number of rotatable bonds is 13. The monoisotopic (exact) mass is 569 g/mol. The number of ketones is 1. The largest absolute Gasteiger partial charge is 0.354 e. The average molecular weight is 571 g/mol. The number of unbranched alkanes of at least 4 members (excludes halogenated alkanes) is 1. The quantitative estimate of drug-likeness (QED) is 0.278. The molecule has 1 unspecified atom stereocenters. The molecule has 2 aromatic rings. The Hall–Kier alpha value is -2.62. The van der Waals surface area contributed by atoms with Crippen LogP contribution in [0.5, 0.6) is 0 Å². The van der Waals surface area contributed by atoms with Crippen molar-refractivity contribution in [2.24, 2.45) is 0 Å². The predicted octanol–water partition coefficient (Wildman–Crippen LogP) is 4.69. The Labute approximate surface area is 229 Å². The number of benzene rings is 2. The van der Waals surface area contributed by atoms with E-state index in [1.807, 2.05) is 6.92 Å². The lowest BCUT2D eigenvalue weighted by Crippen LogP contribution is -2.52. The van der Waals surface area contributed by atoms with E-state index in [0.717, 1.165) is 23.4 Å². The highest BCUT2D eigenvalue weighted by molar-refractivity contribution is 7.92. The minimum absolute atomic E-state index is 0.0281. The van der Waals surface area contributed by atoms with E-state index in [4.69, 9.17) is 23.2 Å². The summed E-state index contributed by atoms with van der Waals surface area (Å²) in [6, 6.07) is 10.0. The maximum Gasteiger partial charge on any atom is 0.244 e. The first-order valence-electron chi connectivity index (χ1n) is 12.0. The number of anilines is 1. The van der Waals surface area contributed by atoms with E-state index in [9.17, 15) is 22.8 Å². The molecule has 0 bridgehead atoms. The van der Waals surface area contributed by atoms with Crippen LogP contribution >= 0.6 is 23.2 Å². The summed E-state index contributed by atoms with van der Waals surface area (Å²) in [4.78, 5) is 40.0. The van der Waals surface area contributed by atoms with Crippen molar-refractivity contribution >= 4 is 56.5 Å². The molecule has 8 nitrogen and oxygen atoms in total. The van der Waals surface area contributed by atoms with Gasteiger partial charge in [0.25, 0.3) is 0 Å². The van der Waals surface area contributed by atoms with Crippen molar-refractivity contribution < 1.29 is 22.8 Å². The third kappa shape index (κ3) is 8.72. The molecule has 2 amide bonds. The van der Waals surface area contributed by atoms with Gasteiger partial charge in [-0.1, -0.05) is 61.7 Å². The van der Waals surface area contributed by atoms with E-state index in [-0.39, 0.29) is 23.9 Å². The van der Waals surface area contributed by atoms with Gasteiger partial charge in [0, 0.05) is 28.7 Å². The summed E-state index contributed by atoms with van der Waals surface area (Å²) in [5.74, 6) is -1.17. The SMILES string of the molecule is CCCCNC(=O)C(CC)N(Cc1ccc(Cl)cc1Cl)C(=O)CN(c1cccc(C(C)=O)c1)S(C)(=O)=O.